The number of hydrogen-bond donors (Lipinski definition) is 1. The van der Waals surface area contributed by atoms with E-state index in [2.05, 4.69) is 42.6 Å². The van der Waals surface area contributed by atoms with Gasteiger partial charge in [-0.05, 0) is 18.6 Å². The predicted molar refractivity (Wildman–Crippen MR) is 63.3 cm³/mol. The van der Waals surface area contributed by atoms with Crippen molar-refractivity contribution in [3.63, 3.8) is 0 Å². The first-order valence-corrected chi connectivity index (χ1v) is 5.72. The minimum absolute atomic E-state index is 0.277. The molecule has 0 saturated carbocycles. The summed E-state index contributed by atoms with van der Waals surface area (Å²) in [6.07, 6.45) is 2.77. The van der Waals surface area contributed by atoms with Gasteiger partial charge in [0.05, 0.1) is 12.3 Å². The number of nitrogens with one attached hydrogen (secondary N) is 1. The third-order valence-electron chi connectivity index (χ3n) is 3.17. The Kier molecular flexibility index (Phi) is 2.29. The van der Waals surface area contributed by atoms with Gasteiger partial charge in [0.2, 0.25) is 0 Å². The van der Waals surface area contributed by atoms with Crippen LogP contribution in [0.2, 0.25) is 0 Å². The molecule has 0 fully saturated rings. The van der Waals surface area contributed by atoms with Crippen molar-refractivity contribution < 1.29 is 4.42 Å². The summed E-state index contributed by atoms with van der Waals surface area (Å²) in [7, 11) is 0. The van der Waals surface area contributed by atoms with Gasteiger partial charge in [0, 0.05) is 18.0 Å². The molecule has 2 aromatic rings. The minimum atomic E-state index is 0.277. The number of rotatable bonds is 1. The van der Waals surface area contributed by atoms with Gasteiger partial charge in [0.1, 0.15) is 5.76 Å². The number of hydrogen-bond acceptors (Lipinski definition) is 2. The molecule has 1 aliphatic heterocycles. The van der Waals surface area contributed by atoms with Crippen LogP contribution in [0.15, 0.2) is 47.1 Å². The summed E-state index contributed by atoms with van der Waals surface area (Å²) < 4.78 is 5.54. The van der Waals surface area contributed by atoms with Gasteiger partial charge in [-0.15, -0.1) is 0 Å². The molecule has 1 aliphatic rings. The van der Waals surface area contributed by atoms with Gasteiger partial charge in [0.25, 0.3) is 0 Å². The maximum atomic E-state index is 5.54. The highest BCUT2D eigenvalue weighted by atomic mass is 16.3. The second-order valence-electron chi connectivity index (χ2n) is 4.41. The third-order valence-corrected chi connectivity index (χ3v) is 3.17. The summed E-state index contributed by atoms with van der Waals surface area (Å²) in [5.41, 5.74) is 2.58. The van der Waals surface area contributed by atoms with Crippen molar-refractivity contribution in [1.82, 2.24) is 5.32 Å². The Labute approximate surface area is 95.3 Å². The Bertz CT molecular complexity index is 474. The molecule has 3 rings (SSSR count). The number of benzene rings is 1. The first-order chi connectivity index (χ1) is 7.84. The van der Waals surface area contributed by atoms with E-state index in [1.54, 1.807) is 6.26 Å². The van der Waals surface area contributed by atoms with Crippen LogP contribution >= 0.6 is 0 Å². The Morgan fingerprint density at radius 2 is 2.00 bits per heavy atom. The lowest BCUT2D eigenvalue weighted by molar-refractivity contribution is 0.400. The Hall–Kier alpha value is -1.54. The summed E-state index contributed by atoms with van der Waals surface area (Å²) in [6, 6.07) is 13.3. The van der Waals surface area contributed by atoms with Crippen molar-refractivity contribution in [2.45, 2.75) is 25.4 Å². The third kappa shape index (κ3) is 1.55. The predicted octanol–water partition coefficient (Wildman–Crippen LogP) is 2.90. The molecule has 16 heavy (non-hydrogen) atoms. The molecule has 2 heteroatoms. The number of fused-ring (bicyclic) bond motifs is 1. The second kappa shape index (κ2) is 3.80. The first-order valence-electron chi connectivity index (χ1n) is 5.72. The van der Waals surface area contributed by atoms with Crippen LogP contribution in [-0.2, 0) is 6.42 Å². The van der Waals surface area contributed by atoms with Gasteiger partial charge in [-0.2, -0.15) is 0 Å². The molecule has 0 radical (unpaired) electrons. The van der Waals surface area contributed by atoms with Crippen LogP contribution in [0.3, 0.4) is 0 Å². The molecule has 0 saturated heterocycles. The van der Waals surface area contributed by atoms with E-state index in [-0.39, 0.29) is 6.04 Å². The zero-order chi connectivity index (χ0) is 11.0. The molecule has 82 valence electrons. The highest BCUT2D eigenvalue weighted by Gasteiger charge is 2.26. The molecule has 2 nitrogen and oxygen atoms in total. The highest BCUT2D eigenvalue weighted by Crippen LogP contribution is 2.30. The molecular formula is C14H15NO. The van der Waals surface area contributed by atoms with E-state index in [4.69, 9.17) is 4.42 Å². The van der Waals surface area contributed by atoms with E-state index in [9.17, 15) is 0 Å². The standard InChI is InChI=1S/C14H15NO/c1-10-9-13-12(7-8-16-13)14(15-10)11-5-3-2-4-6-11/h2-8,10,14-15H,9H2,1H3. The first kappa shape index (κ1) is 9.67. The average molecular weight is 213 g/mol. The summed E-state index contributed by atoms with van der Waals surface area (Å²) in [5, 5.41) is 3.61. The fourth-order valence-corrected chi connectivity index (χ4v) is 2.41. The summed E-state index contributed by atoms with van der Waals surface area (Å²) >= 11 is 0. The summed E-state index contributed by atoms with van der Waals surface area (Å²) in [6.45, 7) is 2.20. The average Bonchev–Trinajstić information content (AvgIpc) is 2.77. The van der Waals surface area contributed by atoms with Gasteiger partial charge in [-0.25, -0.2) is 0 Å². The lowest BCUT2D eigenvalue weighted by atomic mass is 9.92. The molecule has 2 unspecified atom stereocenters. The quantitative estimate of drug-likeness (QED) is 0.788. The Morgan fingerprint density at radius 3 is 2.81 bits per heavy atom. The maximum absolute atomic E-state index is 5.54. The van der Waals surface area contributed by atoms with E-state index < -0.39 is 0 Å². The molecule has 0 aliphatic carbocycles. The normalized spacial score (nSPS) is 24.1. The van der Waals surface area contributed by atoms with Crippen molar-refractivity contribution in [3.8, 4) is 0 Å². The van der Waals surface area contributed by atoms with E-state index in [1.165, 1.54) is 11.1 Å². The van der Waals surface area contributed by atoms with E-state index >= 15 is 0 Å². The monoisotopic (exact) mass is 213 g/mol. The molecule has 2 atom stereocenters. The molecule has 0 amide bonds. The maximum Gasteiger partial charge on any atom is 0.110 e. The fraction of sp³-hybridized carbons (Fsp3) is 0.286. The fourth-order valence-electron chi connectivity index (χ4n) is 2.41. The SMILES string of the molecule is CC1Cc2occc2C(c2ccccc2)N1. The van der Waals surface area contributed by atoms with E-state index in [0.29, 0.717) is 6.04 Å². The van der Waals surface area contributed by atoms with Crippen molar-refractivity contribution in [1.29, 1.82) is 0 Å². The Morgan fingerprint density at radius 1 is 1.19 bits per heavy atom. The smallest absolute Gasteiger partial charge is 0.110 e. The van der Waals surface area contributed by atoms with E-state index in [1.807, 2.05) is 6.07 Å². The molecular weight excluding hydrogens is 198 g/mol. The Balaban J connectivity index is 2.04. The van der Waals surface area contributed by atoms with Crippen LogP contribution in [0.4, 0.5) is 0 Å². The molecule has 1 aromatic carbocycles. The summed E-state index contributed by atoms with van der Waals surface area (Å²) in [4.78, 5) is 0. The van der Waals surface area contributed by atoms with Crippen LogP contribution in [-0.4, -0.2) is 6.04 Å². The van der Waals surface area contributed by atoms with E-state index in [0.717, 1.165) is 12.2 Å². The van der Waals surface area contributed by atoms with Gasteiger partial charge in [-0.1, -0.05) is 30.3 Å². The van der Waals surface area contributed by atoms with Crippen LogP contribution < -0.4 is 5.32 Å². The van der Waals surface area contributed by atoms with Crippen LogP contribution in [0, 0.1) is 0 Å². The minimum Gasteiger partial charge on any atom is -0.469 e. The largest absolute Gasteiger partial charge is 0.469 e. The van der Waals surface area contributed by atoms with Crippen molar-refractivity contribution in [2.75, 3.05) is 0 Å². The van der Waals surface area contributed by atoms with Crippen molar-refractivity contribution >= 4 is 0 Å². The second-order valence-corrected chi connectivity index (χ2v) is 4.41. The molecule has 0 spiro atoms. The van der Waals surface area contributed by atoms with Crippen molar-refractivity contribution in [2.24, 2.45) is 0 Å². The van der Waals surface area contributed by atoms with Crippen molar-refractivity contribution in [3.05, 3.63) is 59.5 Å². The van der Waals surface area contributed by atoms with Gasteiger partial charge < -0.3 is 9.73 Å². The lowest BCUT2D eigenvalue weighted by Crippen LogP contribution is -2.37. The zero-order valence-electron chi connectivity index (χ0n) is 9.31. The molecule has 1 N–H and O–H groups in total. The van der Waals surface area contributed by atoms with Gasteiger partial charge in [-0.3, -0.25) is 0 Å². The van der Waals surface area contributed by atoms with Crippen LogP contribution in [0.25, 0.3) is 0 Å². The van der Waals surface area contributed by atoms with Gasteiger partial charge >= 0.3 is 0 Å². The number of furan rings is 1. The van der Waals surface area contributed by atoms with Crippen LogP contribution in [0.1, 0.15) is 29.9 Å². The zero-order valence-corrected chi connectivity index (χ0v) is 9.31. The van der Waals surface area contributed by atoms with Gasteiger partial charge in [0.15, 0.2) is 0 Å². The highest BCUT2D eigenvalue weighted by molar-refractivity contribution is 5.35. The lowest BCUT2D eigenvalue weighted by Gasteiger charge is -2.28. The molecule has 0 bridgehead atoms. The summed E-state index contributed by atoms with van der Waals surface area (Å²) in [5.74, 6) is 1.13. The van der Waals surface area contributed by atoms with Crippen LogP contribution in [0.5, 0.6) is 0 Å². The molecule has 2 heterocycles. The molecule has 1 aromatic heterocycles. The topological polar surface area (TPSA) is 25.2 Å².